The maximum Gasteiger partial charge on any atom is 0.325 e. The number of methoxy groups -OCH3 is 1. The van der Waals surface area contributed by atoms with Crippen molar-refractivity contribution in [1.82, 2.24) is 9.80 Å². The molecular formula is C23H30N2O5S. The minimum absolute atomic E-state index is 0.145. The van der Waals surface area contributed by atoms with E-state index >= 15 is 0 Å². The molecule has 0 saturated carbocycles. The molecule has 7 nitrogen and oxygen atoms in total. The van der Waals surface area contributed by atoms with Crippen molar-refractivity contribution in [3.63, 3.8) is 0 Å². The van der Waals surface area contributed by atoms with Gasteiger partial charge in [0.1, 0.15) is 12.3 Å². The average Bonchev–Trinajstić information content (AvgIpc) is 2.65. The summed E-state index contributed by atoms with van der Waals surface area (Å²) in [5, 5.41) is 1.76. The zero-order valence-electron chi connectivity index (χ0n) is 19.1. The first-order valence-corrected chi connectivity index (χ1v) is 10.7. The van der Waals surface area contributed by atoms with Crippen LogP contribution in [0.4, 0.5) is 0 Å². The SMILES string of the molecule is COC(=O)CN1C=CS/C(=C\c2cc(CN(C)C)c(OC(C)=O)c(C(C)(C)C)c2)C1=O. The van der Waals surface area contributed by atoms with E-state index in [0.29, 0.717) is 17.2 Å². The molecule has 0 bridgehead atoms. The van der Waals surface area contributed by atoms with Gasteiger partial charge in [0.15, 0.2) is 0 Å². The van der Waals surface area contributed by atoms with Crippen LogP contribution in [0.25, 0.3) is 6.08 Å². The van der Waals surface area contributed by atoms with Crippen molar-refractivity contribution in [2.24, 2.45) is 0 Å². The molecule has 0 spiro atoms. The van der Waals surface area contributed by atoms with Gasteiger partial charge in [0.05, 0.1) is 12.0 Å². The molecule has 0 radical (unpaired) electrons. The van der Waals surface area contributed by atoms with Crippen molar-refractivity contribution in [3.05, 3.63) is 45.3 Å². The summed E-state index contributed by atoms with van der Waals surface area (Å²) in [6.45, 7) is 7.96. The number of amides is 1. The van der Waals surface area contributed by atoms with Gasteiger partial charge in [0.2, 0.25) is 0 Å². The second kappa shape index (κ2) is 10.2. The van der Waals surface area contributed by atoms with Gasteiger partial charge < -0.3 is 19.3 Å². The lowest BCUT2D eigenvalue weighted by atomic mass is 9.83. The fraction of sp³-hybridized carbons (Fsp3) is 0.435. The van der Waals surface area contributed by atoms with Crippen molar-refractivity contribution in [1.29, 1.82) is 0 Å². The van der Waals surface area contributed by atoms with Crippen molar-refractivity contribution >= 4 is 35.7 Å². The van der Waals surface area contributed by atoms with E-state index in [1.807, 2.05) is 51.9 Å². The molecule has 1 aliphatic heterocycles. The summed E-state index contributed by atoms with van der Waals surface area (Å²) in [5.41, 5.74) is 2.27. The third-order valence-corrected chi connectivity index (χ3v) is 5.27. The fourth-order valence-corrected chi connectivity index (χ4v) is 3.87. The first-order chi connectivity index (χ1) is 14.4. The minimum atomic E-state index is -0.488. The van der Waals surface area contributed by atoms with Crippen LogP contribution in [-0.4, -0.2) is 55.4 Å². The molecule has 1 heterocycles. The van der Waals surface area contributed by atoms with E-state index in [9.17, 15) is 14.4 Å². The summed E-state index contributed by atoms with van der Waals surface area (Å²) >= 11 is 1.29. The second-order valence-corrected chi connectivity index (χ2v) is 9.51. The van der Waals surface area contributed by atoms with E-state index in [-0.39, 0.29) is 23.8 Å². The predicted octanol–water partition coefficient (Wildman–Crippen LogP) is 3.53. The number of rotatable bonds is 6. The Kier molecular flexibility index (Phi) is 8.08. The van der Waals surface area contributed by atoms with Crippen molar-refractivity contribution in [2.45, 2.75) is 39.7 Å². The van der Waals surface area contributed by atoms with E-state index in [4.69, 9.17) is 4.74 Å². The summed E-state index contributed by atoms with van der Waals surface area (Å²) < 4.78 is 10.3. The molecule has 1 amide bonds. The van der Waals surface area contributed by atoms with Gasteiger partial charge in [-0.1, -0.05) is 32.5 Å². The first-order valence-electron chi connectivity index (χ1n) is 9.85. The van der Waals surface area contributed by atoms with E-state index in [0.717, 1.165) is 16.7 Å². The summed E-state index contributed by atoms with van der Waals surface area (Å²) in [7, 11) is 5.17. The zero-order valence-corrected chi connectivity index (χ0v) is 20.0. The van der Waals surface area contributed by atoms with Gasteiger partial charge in [0, 0.05) is 30.8 Å². The average molecular weight is 447 g/mol. The standard InChI is InChI=1S/C23H30N2O5S/c1-15(26)30-21-17(13-24(5)6)10-16(11-18(21)23(2,3)4)12-19-22(28)25(8-9-31-19)14-20(27)29-7/h8-12H,13-14H2,1-7H3/b19-12-. The summed E-state index contributed by atoms with van der Waals surface area (Å²) in [5.74, 6) is -0.574. The van der Waals surface area contributed by atoms with Gasteiger partial charge in [-0.15, -0.1) is 0 Å². The molecule has 0 atom stereocenters. The third-order valence-electron chi connectivity index (χ3n) is 4.46. The maximum atomic E-state index is 12.8. The molecule has 1 aromatic rings. The van der Waals surface area contributed by atoms with Crippen molar-refractivity contribution in [3.8, 4) is 5.75 Å². The molecule has 2 rings (SSSR count). The predicted molar refractivity (Wildman–Crippen MR) is 122 cm³/mol. The van der Waals surface area contributed by atoms with E-state index in [1.54, 1.807) is 17.7 Å². The van der Waals surface area contributed by atoms with Crippen LogP contribution >= 0.6 is 11.8 Å². The van der Waals surface area contributed by atoms with Crippen LogP contribution in [0, 0.1) is 0 Å². The Morgan fingerprint density at radius 2 is 1.90 bits per heavy atom. The lowest BCUT2D eigenvalue weighted by Crippen LogP contribution is -2.33. The van der Waals surface area contributed by atoms with Crippen LogP contribution in [0.3, 0.4) is 0 Å². The number of nitrogens with zero attached hydrogens (tertiary/aromatic N) is 2. The lowest BCUT2D eigenvalue weighted by molar-refractivity contribution is -0.144. The Labute approximate surface area is 188 Å². The fourth-order valence-electron chi connectivity index (χ4n) is 3.09. The molecule has 0 aromatic heterocycles. The topological polar surface area (TPSA) is 76.2 Å². The van der Waals surface area contributed by atoms with Gasteiger partial charge in [-0.2, -0.15) is 0 Å². The summed E-state index contributed by atoms with van der Waals surface area (Å²) in [4.78, 5) is 40.0. The van der Waals surface area contributed by atoms with E-state index in [2.05, 4.69) is 4.74 Å². The number of benzene rings is 1. The molecule has 0 saturated heterocycles. The summed E-state index contributed by atoms with van der Waals surface area (Å²) in [6.07, 6.45) is 3.37. The lowest BCUT2D eigenvalue weighted by Gasteiger charge is -2.26. The Bertz CT molecular complexity index is 929. The third kappa shape index (κ3) is 6.70. The number of carbonyl (C=O) groups excluding carboxylic acids is 3. The largest absolute Gasteiger partial charge is 0.468 e. The first kappa shape index (κ1) is 24.7. The van der Waals surface area contributed by atoms with Gasteiger partial charge in [-0.25, -0.2) is 0 Å². The highest BCUT2D eigenvalue weighted by Crippen LogP contribution is 2.37. The number of ether oxygens (including phenoxy) is 2. The Balaban J connectivity index is 2.55. The molecule has 8 heteroatoms. The number of hydrogen-bond donors (Lipinski definition) is 0. The smallest absolute Gasteiger partial charge is 0.325 e. The minimum Gasteiger partial charge on any atom is -0.468 e. The molecule has 0 unspecified atom stereocenters. The molecule has 1 aromatic carbocycles. The molecule has 31 heavy (non-hydrogen) atoms. The molecule has 168 valence electrons. The zero-order chi connectivity index (χ0) is 23.3. The summed E-state index contributed by atoms with van der Waals surface area (Å²) in [6, 6.07) is 3.87. The molecule has 0 aliphatic carbocycles. The highest BCUT2D eigenvalue weighted by Gasteiger charge is 2.26. The Morgan fingerprint density at radius 3 is 2.45 bits per heavy atom. The van der Waals surface area contributed by atoms with Crippen LogP contribution in [0.15, 0.2) is 28.6 Å². The van der Waals surface area contributed by atoms with Crippen molar-refractivity contribution in [2.75, 3.05) is 27.7 Å². The maximum absolute atomic E-state index is 12.8. The number of hydrogen-bond acceptors (Lipinski definition) is 7. The molecule has 1 aliphatic rings. The van der Waals surface area contributed by atoms with Crippen molar-refractivity contribution < 1.29 is 23.9 Å². The van der Waals surface area contributed by atoms with Crippen LogP contribution in [0.1, 0.15) is 44.4 Å². The van der Waals surface area contributed by atoms with Gasteiger partial charge in [0.25, 0.3) is 5.91 Å². The van der Waals surface area contributed by atoms with Crippen LogP contribution in [-0.2, 0) is 31.1 Å². The van der Waals surface area contributed by atoms with Gasteiger partial charge in [-0.05, 0) is 48.7 Å². The van der Waals surface area contributed by atoms with E-state index < -0.39 is 5.97 Å². The second-order valence-electron chi connectivity index (χ2n) is 8.56. The Morgan fingerprint density at radius 1 is 1.23 bits per heavy atom. The van der Waals surface area contributed by atoms with E-state index in [1.165, 1.54) is 30.7 Å². The number of esters is 2. The molecule has 0 N–H and O–H groups in total. The van der Waals surface area contributed by atoms with Crippen LogP contribution < -0.4 is 4.74 Å². The molecular weight excluding hydrogens is 416 g/mol. The van der Waals surface area contributed by atoms with Gasteiger partial charge in [-0.3, -0.25) is 14.4 Å². The van der Waals surface area contributed by atoms with Gasteiger partial charge >= 0.3 is 11.9 Å². The monoisotopic (exact) mass is 446 g/mol. The normalized spacial score (nSPS) is 15.5. The van der Waals surface area contributed by atoms with Crippen LogP contribution in [0.5, 0.6) is 5.75 Å². The number of carbonyl (C=O) groups is 3. The highest BCUT2D eigenvalue weighted by molar-refractivity contribution is 8.06. The molecule has 0 fully saturated rings. The highest BCUT2D eigenvalue weighted by atomic mass is 32.2. The van der Waals surface area contributed by atoms with Crippen LogP contribution in [0.2, 0.25) is 0 Å². The number of thioether (sulfide) groups is 1. The Hall–Kier alpha value is -2.58. The quantitative estimate of drug-likeness (QED) is 0.376.